The fraction of sp³-hybridized carbons (Fsp3) is 1.00. The second-order valence-electron chi connectivity index (χ2n) is 7.25. The second kappa shape index (κ2) is 13.6. The molecule has 0 N–H and O–H groups in total. The Hall–Kier alpha value is -0.0400. The highest BCUT2D eigenvalue weighted by atomic mass is 16.5. The van der Waals surface area contributed by atoms with Crippen LogP contribution in [0.4, 0.5) is 0 Å². The summed E-state index contributed by atoms with van der Waals surface area (Å²) in [4.78, 5) is 0. The molecule has 0 aliphatic carbocycles. The zero-order chi connectivity index (χ0) is 15.2. The summed E-state index contributed by atoms with van der Waals surface area (Å²) in [5.41, 5.74) is 0. The van der Waals surface area contributed by atoms with E-state index in [0.29, 0.717) is 0 Å². The van der Waals surface area contributed by atoms with E-state index < -0.39 is 0 Å². The zero-order valence-corrected chi connectivity index (χ0v) is 14.9. The summed E-state index contributed by atoms with van der Waals surface area (Å²) < 4.78 is 6.17. The van der Waals surface area contributed by atoms with Crippen LogP contribution in [-0.2, 0) is 4.74 Å². The maximum absolute atomic E-state index is 6.17. The number of hydrogen-bond acceptors (Lipinski definition) is 1. The molecule has 0 aromatic rings. The van der Waals surface area contributed by atoms with E-state index in [4.69, 9.17) is 4.74 Å². The highest BCUT2D eigenvalue weighted by Gasteiger charge is 2.13. The molecule has 1 rings (SSSR count). The molecule has 0 bridgehead atoms. The molecule has 0 aromatic heterocycles. The fourth-order valence-electron chi connectivity index (χ4n) is 3.58. The molecular formula is C20H40O. The molecule has 1 aliphatic rings. The molecule has 126 valence electrons. The lowest BCUT2D eigenvalue weighted by Gasteiger charge is -2.20. The maximum atomic E-state index is 6.17. The van der Waals surface area contributed by atoms with Crippen LogP contribution in [0.5, 0.6) is 0 Å². The summed E-state index contributed by atoms with van der Waals surface area (Å²) >= 11 is 0. The van der Waals surface area contributed by atoms with E-state index in [1.807, 2.05) is 0 Å². The maximum Gasteiger partial charge on any atom is 0.0494 e. The van der Waals surface area contributed by atoms with Gasteiger partial charge in [-0.3, -0.25) is 0 Å². The largest absolute Gasteiger partial charge is 0.381 e. The first-order chi connectivity index (χ1) is 10.4. The highest BCUT2D eigenvalue weighted by Crippen LogP contribution is 2.22. The number of hydrogen-bond donors (Lipinski definition) is 0. The van der Waals surface area contributed by atoms with Crippen molar-refractivity contribution in [2.75, 3.05) is 13.2 Å². The molecule has 1 heteroatoms. The van der Waals surface area contributed by atoms with Crippen molar-refractivity contribution < 1.29 is 4.74 Å². The Morgan fingerprint density at radius 2 is 1.10 bits per heavy atom. The topological polar surface area (TPSA) is 9.23 Å². The number of ether oxygens (including phenoxy) is 1. The van der Waals surface area contributed by atoms with E-state index in [9.17, 15) is 0 Å². The van der Waals surface area contributed by atoms with E-state index in [0.717, 1.165) is 25.0 Å². The molecule has 2 atom stereocenters. The summed E-state index contributed by atoms with van der Waals surface area (Å²) in [7, 11) is 0. The van der Waals surface area contributed by atoms with Gasteiger partial charge in [-0.25, -0.2) is 0 Å². The van der Waals surface area contributed by atoms with Crippen molar-refractivity contribution in [3.63, 3.8) is 0 Å². The van der Waals surface area contributed by atoms with Crippen LogP contribution in [0.25, 0.3) is 0 Å². The van der Waals surface area contributed by atoms with Crippen LogP contribution in [-0.4, -0.2) is 13.2 Å². The lowest BCUT2D eigenvalue weighted by atomic mass is 9.95. The van der Waals surface area contributed by atoms with Gasteiger partial charge in [-0.1, -0.05) is 78.1 Å². The summed E-state index contributed by atoms with van der Waals surface area (Å²) in [6.45, 7) is 6.67. The molecule has 1 aliphatic heterocycles. The first-order valence-corrected chi connectivity index (χ1v) is 9.94. The second-order valence-corrected chi connectivity index (χ2v) is 7.25. The number of unbranched alkanes of at least 4 members (excludes halogenated alkanes) is 2. The van der Waals surface area contributed by atoms with Crippen molar-refractivity contribution in [1.29, 1.82) is 0 Å². The van der Waals surface area contributed by atoms with Gasteiger partial charge in [0.25, 0.3) is 0 Å². The Morgan fingerprint density at radius 1 is 0.667 bits per heavy atom. The lowest BCUT2D eigenvalue weighted by molar-refractivity contribution is 0.0595. The molecule has 1 nitrogen and oxygen atoms in total. The van der Waals surface area contributed by atoms with Crippen LogP contribution in [0.15, 0.2) is 0 Å². The Kier molecular flexibility index (Phi) is 12.3. The Bertz CT molecular complexity index is 192. The summed E-state index contributed by atoms with van der Waals surface area (Å²) in [6, 6.07) is 0. The summed E-state index contributed by atoms with van der Waals surface area (Å²) in [6.07, 6.45) is 19.7. The van der Waals surface area contributed by atoms with Crippen LogP contribution < -0.4 is 0 Å². The van der Waals surface area contributed by atoms with Gasteiger partial charge in [-0.05, 0) is 37.5 Å². The van der Waals surface area contributed by atoms with E-state index in [1.54, 1.807) is 0 Å². The van der Waals surface area contributed by atoms with Gasteiger partial charge in [0.05, 0.1) is 0 Å². The van der Waals surface area contributed by atoms with Gasteiger partial charge in [-0.2, -0.15) is 0 Å². The van der Waals surface area contributed by atoms with Crippen LogP contribution in [0.3, 0.4) is 0 Å². The predicted octanol–water partition coefficient (Wildman–Crippen LogP) is 6.75. The van der Waals surface area contributed by atoms with Gasteiger partial charge in [0, 0.05) is 13.2 Å². The molecule has 1 saturated heterocycles. The average Bonchev–Trinajstić information content (AvgIpc) is 2.52. The molecule has 21 heavy (non-hydrogen) atoms. The first-order valence-electron chi connectivity index (χ1n) is 9.94. The van der Waals surface area contributed by atoms with Crippen LogP contribution in [0.2, 0.25) is 0 Å². The van der Waals surface area contributed by atoms with Crippen LogP contribution in [0, 0.1) is 11.8 Å². The van der Waals surface area contributed by atoms with E-state index in [-0.39, 0.29) is 0 Å². The molecule has 2 unspecified atom stereocenters. The van der Waals surface area contributed by atoms with Gasteiger partial charge in [-0.15, -0.1) is 0 Å². The van der Waals surface area contributed by atoms with Gasteiger partial charge in [0.15, 0.2) is 0 Å². The van der Waals surface area contributed by atoms with E-state index in [1.165, 1.54) is 89.9 Å². The van der Waals surface area contributed by atoms with E-state index in [2.05, 4.69) is 13.8 Å². The van der Waals surface area contributed by atoms with Crippen molar-refractivity contribution in [3.8, 4) is 0 Å². The fourth-order valence-corrected chi connectivity index (χ4v) is 3.58. The van der Waals surface area contributed by atoms with Crippen molar-refractivity contribution in [2.45, 2.75) is 104 Å². The third-order valence-electron chi connectivity index (χ3n) is 5.11. The van der Waals surface area contributed by atoms with Crippen LogP contribution >= 0.6 is 0 Å². The average molecular weight is 297 g/mol. The Morgan fingerprint density at radius 3 is 1.52 bits per heavy atom. The highest BCUT2D eigenvalue weighted by molar-refractivity contribution is 4.64. The minimum absolute atomic E-state index is 0.831. The van der Waals surface area contributed by atoms with Gasteiger partial charge in [0.1, 0.15) is 0 Å². The van der Waals surface area contributed by atoms with Crippen molar-refractivity contribution in [2.24, 2.45) is 11.8 Å². The molecule has 0 spiro atoms. The number of rotatable bonds is 6. The third kappa shape index (κ3) is 10.3. The quantitative estimate of drug-likeness (QED) is 0.526. The predicted molar refractivity (Wildman–Crippen MR) is 93.8 cm³/mol. The summed E-state index contributed by atoms with van der Waals surface area (Å²) in [5.74, 6) is 1.66. The minimum atomic E-state index is 0.831. The van der Waals surface area contributed by atoms with Crippen molar-refractivity contribution >= 4 is 0 Å². The molecule has 0 amide bonds. The molecule has 0 aromatic carbocycles. The first kappa shape index (κ1) is 19.0. The zero-order valence-electron chi connectivity index (χ0n) is 14.9. The Labute approximate surface area is 134 Å². The van der Waals surface area contributed by atoms with Gasteiger partial charge < -0.3 is 4.74 Å². The van der Waals surface area contributed by atoms with Crippen molar-refractivity contribution in [3.05, 3.63) is 0 Å². The molecular weight excluding hydrogens is 256 g/mol. The summed E-state index contributed by atoms with van der Waals surface area (Å²) in [5, 5.41) is 0. The standard InChI is InChI=1S/C20H40O/c1-3-5-13-19-15-11-9-7-8-10-12-16-20(14-6-4-2)18-21-17-19/h19-20H,3-18H2,1-2H3. The SMILES string of the molecule is CCCCC1CCCCCCCCC(CCCC)COC1. The van der Waals surface area contributed by atoms with Crippen LogP contribution in [0.1, 0.15) is 104 Å². The molecule has 0 radical (unpaired) electrons. The minimum Gasteiger partial charge on any atom is -0.381 e. The normalized spacial score (nSPS) is 26.6. The monoisotopic (exact) mass is 296 g/mol. The third-order valence-corrected chi connectivity index (χ3v) is 5.11. The van der Waals surface area contributed by atoms with Crippen molar-refractivity contribution in [1.82, 2.24) is 0 Å². The Balaban J connectivity index is 2.37. The lowest BCUT2D eigenvalue weighted by Crippen LogP contribution is -2.15. The van der Waals surface area contributed by atoms with Gasteiger partial charge >= 0.3 is 0 Å². The molecule has 1 fully saturated rings. The van der Waals surface area contributed by atoms with E-state index >= 15 is 0 Å². The molecule has 0 saturated carbocycles. The smallest absolute Gasteiger partial charge is 0.0494 e. The molecule has 1 heterocycles. The van der Waals surface area contributed by atoms with Gasteiger partial charge in [0.2, 0.25) is 0 Å².